The molecular formula is C8H11NO4. The fourth-order valence-electron chi connectivity index (χ4n) is 0.952. The highest BCUT2D eigenvalue weighted by Crippen LogP contribution is 2.08. The van der Waals surface area contributed by atoms with Gasteiger partial charge in [-0.05, 0) is 0 Å². The fraction of sp³-hybridized carbons (Fsp3) is 0.500. The van der Waals surface area contributed by atoms with Gasteiger partial charge in [0, 0.05) is 12.8 Å². The van der Waals surface area contributed by atoms with Gasteiger partial charge in [-0.15, -0.1) is 0 Å². The van der Waals surface area contributed by atoms with E-state index in [0.29, 0.717) is 12.8 Å². The maximum Gasteiger partial charge on any atom is 0.510 e. The Labute approximate surface area is 75.7 Å². The molecule has 5 nitrogen and oxygen atoms in total. The van der Waals surface area contributed by atoms with E-state index in [0.717, 1.165) is 0 Å². The van der Waals surface area contributed by atoms with E-state index in [4.69, 9.17) is 4.74 Å². The van der Waals surface area contributed by atoms with E-state index >= 15 is 0 Å². The van der Waals surface area contributed by atoms with Crippen LogP contribution in [0.1, 0.15) is 12.8 Å². The van der Waals surface area contributed by atoms with Gasteiger partial charge in [0.1, 0.15) is 6.61 Å². The van der Waals surface area contributed by atoms with Gasteiger partial charge in [-0.25, -0.2) is 4.79 Å². The number of carbonyl (C=O) groups excluding carboxylic acids is 2. The first kappa shape index (κ1) is 9.57. The summed E-state index contributed by atoms with van der Waals surface area (Å²) in [4.78, 5) is 21.5. The molecule has 1 rings (SSSR count). The molecule has 5 heteroatoms. The molecule has 1 fully saturated rings. The second-order valence-corrected chi connectivity index (χ2v) is 2.56. The molecule has 1 saturated heterocycles. The van der Waals surface area contributed by atoms with E-state index in [9.17, 15) is 9.59 Å². The molecule has 0 radical (unpaired) electrons. The van der Waals surface area contributed by atoms with Crippen molar-refractivity contribution in [3.63, 3.8) is 0 Å². The molecule has 0 saturated carbocycles. The van der Waals surface area contributed by atoms with Crippen LogP contribution >= 0.6 is 0 Å². The zero-order valence-electron chi connectivity index (χ0n) is 7.12. The molecule has 0 aromatic heterocycles. The normalized spacial score (nSPS) is 20.6. The molecule has 1 aliphatic rings. The van der Waals surface area contributed by atoms with Gasteiger partial charge in [-0.3, -0.25) is 4.79 Å². The van der Waals surface area contributed by atoms with Crippen molar-refractivity contribution in [2.45, 2.75) is 19.1 Å². The summed E-state index contributed by atoms with van der Waals surface area (Å²) in [5.41, 5.74) is 0. The summed E-state index contributed by atoms with van der Waals surface area (Å²) < 4.78 is 9.30. The van der Waals surface area contributed by atoms with Gasteiger partial charge in [0.05, 0.1) is 0 Å². The number of amides is 1. The Bertz CT molecular complexity index is 226. The Morgan fingerprint density at radius 3 is 3.08 bits per heavy atom. The van der Waals surface area contributed by atoms with Gasteiger partial charge >= 0.3 is 6.16 Å². The van der Waals surface area contributed by atoms with Crippen molar-refractivity contribution in [1.29, 1.82) is 0 Å². The van der Waals surface area contributed by atoms with Gasteiger partial charge in [0.2, 0.25) is 5.91 Å². The number of carbonyl (C=O) groups is 2. The molecule has 1 amide bonds. The molecule has 0 aromatic carbocycles. The Kier molecular flexibility index (Phi) is 3.31. The van der Waals surface area contributed by atoms with Crippen molar-refractivity contribution < 1.29 is 19.1 Å². The summed E-state index contributed by atoms with van der Waals surface area (Å²) in [5, 5.41) is 2.47. The molecule has 0 bridgehead atoms. The second-order valence-electron chi connectivity index (χ2n) is 2.56. The zero-order chi connectivity index (χ0) is 9.68. The zero-order valence-corrected chi connectivity index (χ0v) is 7.12. The van der Waals surface area contributed by atoms with Crippen LogP contribution in [0.25, 0.3) is 0 Å². The summed E-state index contributed by atoms with van der Waals surface area (Å²) in [6.45, 7) is 3.48. The standard InChI is InChI=1S/C8H11NO4/c1-2-5-12-8(11)13-7-4-3-6(10)9-7/h2,7H,1,3-5H2,(H,9,10). The van der Waals surface area contributed by atoms with Crippen LogP contribution in [0.4, 0.5) is 4.79 Å². The van der Waals surface area contributed by atoms with E-state index in [1.807, 2.05) is 0 Å². The van der Waals surface area contributed by atoms with Crippen molar-refractivity contribution in [2.24, 2.45) is 0 Å². The summed E-state index contributed by atoms with van der Waals surface area (Å²) in [6.07, 6.45) is 1.01. The third kappa shape index (κ3) is 3.14. The minimum absolute atomic E-state index is 0.110. The summed E-state index contributed by atoms with van der Waals surface area (Å²) >= 11 is 0. The maximum absolute atomic E-state index is 10.8. The lowest BCUT2D eigenvalue weighted by Gasteiger charge is -2.10. The summed E-state index contributed by atoms with van der Waals surface area (Å²) in [7, 11) is 0. The van der Waals surface area contributed by atoms with Crippen molar-refractivity contribution in [1.82, 2.24) is 5.32 Å². The van der Waals surface area contributed by atoms with Gasteiger partial charge in [0.25, 0.3) is 0 Å². The third-order valence-electron chi connectivity index (χ3n) is 1.51. The minimum Gasteiger partial charge on any atom is -0.430 e. The van der Waals surface area contributed by atoms with Crippen LogP contribution in [0.2, 0.25) is 0 Å². The Morgan fingerprint density at radius 1 is 1.77 bits per heavy atom. The molecule has 72 valence electrons. The largest absolute Gasteiger partial charge is 0.510 e. The molecule has 1 atom stereocenters. The number of hydrogen-bond donors (Lipinski definition) is 1. The highest BCUT2D eigenvalue weighted by atomic mass is 16.7. The lowest BCUT2D eigenvalue weighted by Crippen LogP contribution is -2.30. The number of hydrogen-bond acceptors (Lipinski definition) is 4. The van der Waals surface area contributed by atoms with Gasteiger partial charge in [0.15, 0.2) is 6.23 Å². The second kappa shape index (κ2) is 4.49. The number of ether oxygens (including phenoxy) is 2. The van der Waals surface area contributed by atoms with E-state index in [1.165, 1.54) is 6.08 Å². The summed E-state index contributed by atoms with van der Waals surface area (Å²) in [6, 6.07) is 0. The van der Waals surface area contributed by atoms with Gasteiger partial charge < -0.3 is 14.8 Å². The Balaban J connectivity index is 2.20. The topological polar surface area (TPSA) is 64.6 Å². The maximum atomic E-state index is 10.8. The van der Waals surface area contributed by atoms with Crippen LogP contribution in [-0.4, -0.2) is 24.9 Å². The van der Waals surface area contributed by atoms with Crippen molar-refractivity contribution in [3.8, 4) is 0 Å². The highest BCUT2D eigenvalue weighted by molar-refractivity contribution is 5.78. The average molecular weight is 185 g/mol. The molecule has 1 unspecified atom stereocenters. The van der Waals surface area contributed by atoms with Crippen molar-refractivity contribution in [2.75, 3.05) is 6.61 Å². The molecule has 1 heterocycles. The predicted octanol–water partition coefficient (Wildman–Crippen LogP) is 0.562. The SMILES string of the molecule is C=CCOC(=O)OC1CCC(=O)N1. The van der Waals surface area contributed by atoms with E-state index < -0.39 is 12.4 Å². The van der Waals surface area contributed by atoms with Gasteiger partial charge in [-0.1, -0.05) is 12.7 Å². The first-order valence-corrected chi connectivity index (χ1v) is 3.96. The first-order valence-electron chi connectivity index (χ1n) is 3.96. The molecule has 1 N–H and O–H groups in total. The molecule has 1 aliphatic heterocycles. The Morgan fingerprint density at radius 2 is 2.54 bits per heavy atom. The average Bonchev–Trinajstić information content (AvgIpc) is 2.48. The van der Waals surface area contributed by atoms with E-state index in [-0.39, 0.29) is 12.5 Å². The fourth-order valence-corrected chi connectivity index (χ4v) is 0.952. The smallest absolute Gasteiger partial charge is 0.430 e. The Hall–Kier alpha value is -1.52. The minimum atomic E-state index is -0.785. The van der Waals surface area contributed by atoms with Crippen LogP contribution in [0, 0.1) is 0 Å². The van der Waals surface area contributed by atoms with E-state index in [2.05, 4.69) is 16.6 Å². The number of nitrogens with one attached hydrogen (secondary N) is 1. The van der Waals surface area contributed by atoms with Crippen LogP contribution in [0.15, 0.2) is 12.7 Å². The first-order chi connectivity index (χ1) is 6.22. The van der Waals surface area contributed by atoms with Crippen molar-refractivity contribution >= 4 is 12.1 Å². The van der Waals surface area contributed by atoms with Gasteiger partial charge in [-0.2, -0.15) is 0 Å². The van der Waals surface area contributed by atoms with Crippen LogP contribution in [-0.2, 0) is 14.3 Å². The molecular weight excluding hydrogens is 174 g/mol. The van der Waals surface area contributed by atoms with Crippen LogP contribution in [0.3, 0.4) is 0 Å². The monoisotopic (exact) mass is 185 g/mol. The quantitative estimate of drug-likeness (QED) is 0.515. The molecule has 0 aliphatic carbocycles. The van der Waals surface area contributed by atoms with Crippen LogP contribution in [0.5, 0.6) is 0 Å². The highest BCUT2D eigenvalue weighted by Gasteiger charge is 2.24. The summed E-state index contributed by atoms with van der Waals surface area (Å²) in [5.74, 6) is -0.110. The van der Waals surface area contributed by atoms with Crippen molar-refractivity contribution in [3.05, 3.63) is 12.7 Å². The lowest BCUT2D eigenvalue weighted by atomic mass is 10.3. The molecule has 13 heavy (non-hydrogen) atoms. The number of rotatable bonds is 3. The predicted molar refractivity (Wildman–Crippen MR) is 43.8 cm³/mol. The van der Waals surface area contributed by atoms with E-state index in [1.54, 1.807) is 0 Å². The third-order valence-corrected chi connectivity index (χ3v) is 1.51. The molecule has 0 spiro atoms. The molecule has 0 aromatic rings. The van der Waals surface area contributed by atoms with Crippen LogP contribution < -0.4 is 5.32 Å². The lowest BCUT2D eigenvalue weighted by molar-refractivity contribution is -0.120.